The maximum Gasteiger partial charge on any atom is 0.300 e. The zero-order valence-electron chi connectivity index (χ0n) is 19.1. The van der Waals surface area contributed by atoms with Crippen molar-refractivity contribution in [1.29, 1.82) is 0 Å². The van der Waals surface area contributed by atoms with Crippen LogP contribution in [0.15, 0.2) is 72.3 Å². The maximum atomic E-state index is 14.0. The zero-order chi connectivity index (χ0) is 25.1. The smallest absolute Gasteiger partial charge is 0.300 e. The second-order valence-electron chi connectivity index (χ2n) is 7.72. The second kappa shape index (κ2) is 9.97. The molecule has 1 heterocycles. The van der Waals surface area contributed by atoms with Crippen molar-refractivity contribution in [1.82, 2.24) is 0 Å². The van der Waals surface area contributed by atoms with Crippen LogP contribution in [0.5, 0.6) is 11.5 Å². The average Bonchev–Trinajstić information content (AvgIpc) is 3.10. The van der Waals surface area contributed by atoms with E-state index in [-0.39, 0.29) is 29.2 Å². The summed E-state index contributed by atoms with van der Waals surface area (Å²) in [7, 11) is 0. The normalized spacial score (nSPS) is 17.0. The quantitative estimate of drug-likeness (QED) is 0.279. The Kier molecular flexibility index (Phi) is 6.82. The minimum Gasteiger partial charge on any atom is -0.507 e. The van der Waals surface area contributed by atoms with Gasteiger partial charge in [0.2, 0.25) is 0 Å². The van der Waals surface area contributed by atoms with Gasteiger partial charge in [0, 0.05) is 11.8 Å². The molecule has 1 atom stereocenters. The second-order valence-corrected chi connectivity index (χ2v) is 7.72. The first kappa shape index (κ1) is 23.9. The van der Waals surface area contributed by atoms with Crippen LogP contribution in [0.3, 0.4) is 0 Å². The van der Waals surface area contributed by atoms with Gasteiger partial charge in [-0.15, -0.1) is 0 Å². The van der Waals surface area contributed by atoms with Crippen LogP contribution in [-0.4, -0.2) is 30.0 Å². The number of Topliss-reactive ketones (excluding diaryl/α,β-unsaturated/α-hetero) is 1. The number of benzene rings is 3. The van der Waals surface area contributed by atoms with Gasteiger partial charge in [0.1, 0.15) is 28.9 Å². The van der Waals surface area contributed by atoms with Crippen LogP contribution in [-0.2, 0) is 9.59 Å². The first-order valence-electron chi connectivity index (χ1n) is 11.1. The van der Waals surface area contributed by atoms with Crippen molar-refractivity contribution in [2.24, 2.45) is 0 Å². The van der Waals surface area contributed by atoms with Crippen molar-refractivity contribution in [3.05, 3.63) is 95.1 Å². The molecule has 0 saturated carbocycles. The van der Waals surface area contributed by atoms with Crippen molar-refractivity contribution in [2.45, 2.75) is 19.9 Å². The minimum absolute atomic E-state index is 0.122. The van der Waals surface area contributed by atoms with Gasteiger partial charge in [0.25, 0.3) is 11.7 Å². The third-order valence-corrected chi connectivity index (χ3v) is 5.54. The lowest BCUT2D eigenvalue weighted by molar-refractivity contribution is -0.132. The molecule has 8 heteroatoms. The van der Waals surface area contributed by atoms with E-state index in [1.807, 2.05) is 6.92 Å². The van der Waals surface area contributed by atoms with Crippen molar-refractivity contribution in [3.63, 3.8) is 0 Å². The Morgan fingerprint density at radius 3 is 2.29 bits per heavy atom. The molecule has 0 spiro atoms. The van der Waals surface area contributed by atoms with Crippen molar-refractivity contribution < 1.29 is 33.0 Å². The highest BCUT2D eigenvalue weighted by molar-refractivity contribution is 6.51. The number of amides is 1. The van der Waals surface area contributed by atoms with Crippen LogP contribution in [0, 0.1) is 11.6 Å². The molecule has 1 aliphatic heterocycles. The number of carbonyl (C=O) groups excluding carboxylic acids is 2. The van der Waals surface area contributed by atoms with E-state index in [1.165, 1.54) is 48.5 Å². The van der Waals surface area contributed by atoms with E-state index >= 15 is 0 Å². The Bertz CT molecular complexity index is 1300. The number of hydrogen-bond donors (Lipinski definition) is 1. The van der Waals surface area contributed by atoms with Crippen LogP contribution < -0.4 is 14.4 Å². The highest BCUT2D eigenvalue weighted by atomic mass is 19.1. The molecule has 1 saturated heterocycles. The lowest BCUT2D eigenvalue weighted by Crippen LogP contribution is -2.29. The lowest BCUT2D eigenvalue weighted by atomic mass is 9.94. The molecule has 0 bridgehead atoms. The van der Waals surface area contributed by atoms with E-state index in [0.29, 0.717) is 17.9 Å². The Morgan fingerprint density at radius 2 is 1.63 bits per heavy atom. The summed E-state index contributed by atoms with van der Waals surface area (Å²) in [6, 6.07) is 14.0. The molecule has 3 aromatic carbocycles. The Morgan fingerprint density at radius 1 is 0.914 bits per heavy atom. The molecule has 4 rings (SSSR count). The van der Waals surface area contributed by atoms with Crippen molar-refractivity contribution in [2.75, 3.05) is 18.1 Å². The summed E-state index contributed by atoms with van der Waals surface area (Å²) in [6.45, 7) is 4.28. The fourth-order valence-corrected chi connectivity index (χ4v) is 4.06. The summed E-state index contributed by atoms with van der Waals surface area (Å²) in [5, 5.41) is 11.4. The molecule has 3 aromatic rings. The van der Waals surface area contributed by atoms with Gasteiger partial charge >= 0.3 is 0 Å². The molecule has 6 nitrogen and oxygen atoms in total. The third-order valence-electron chi connectivity index (χ3n) is 5.54. The molecular weight excluding hydrogens is 456 g/mol. The lowest BCUT2D eigenvalue weighted by Gasteiger charge is -2.25. The third kappa shape index (κ3) is 4.59. The number of aliphatic hydroxyl groups excluding tert-OH is 1. The molecule has 1 amide bonds. The predicted molar refractivity (Wildman–Crippen MR) is 126 cm³/mol. The van der Waals surface area contributed by atoms with Crippen LogP contribution in [0.1, 0.15) is 31.0 Å². The standard InChI is InChI=1S/C27H23F2NO5/c1-3-34-20-12-13-21(22(15-20)35-4-2)25(31)23-24(16-8-10-17(28)11-9-16)30(27(33)26(23)32)19-7-5-6-18(29)14-19/h5-15,24,31H,3-4H2,1-2H3/b25-23-. The van der Waals surface area contributed by atoms with E-state index in [9.17, 15) is 23.5 Å². The van der Waals surface area contributed by atoms with Crippen molar-refractivity contribution in [3.8, 4) is 11.5 Å². The first-order valence-corrected chi connectivity index (χ1v) is 11.1. The van der Waals surface area contributed by atoms with E-state index in [0.717, 1.165) is 11.0 Å². The number of hydrogen-bond acceptors (Lipinski definition) is 5. The van der Waals surface area contributed by atoms with Crippen LogP contribution in [0.2, 0.25) is 0 Å². The average molecular weight is 479 g/mol. The number of aliphatic hydroxyl groups is 1. The molecule has 1 fully saturated rings. The van der Waals surface area contributed by atoms with E-state index in [4.69, 9.17) is 9.47 Å². The van der Waals surface area contributed by atoms with Gasteiger partial charge in [0.15, 0.2) is 0 Å². The van der Waals surface area contributed by atoms with E-state index in [1.54, 1.807) is 19.1 Å². The fourth-order valence-electron chi connectivity index (χ4n) is 4.06. The van der Waals surface area contributed by atoms with Crippen LogP contribution in [0.25, 0.3) is 5.76 Å². The topological polar surface area (TPSA) is 76.1 Å². The first-order chi connectivity index (χ1) is 16.8. The SMILES string of the molecule is CCOc1ccc(/C(O)=C2/C(=O)C(=O)N(c3cccc(F)c3)C2c2ccc(F)cc2)c(OCC)c1. The predicted octanol–water partition coefficient (Wildman–Crippen LogP) is 5.39. The Labute approximate surface area is 201 Å². The summed E-state index contributed by atoms with van der Waals surface area (Å²) < 4.78 is 38.9. The largest absolute Gasteiger partial charge is 0.507 e. The number of carbonyl (C=O) groups is 2. The molecule has 0 radical (unpaired) electrons. The van der Waals surface area contributed by atoms with Gasteiger partial charge in [0.05, 0.1) is 30.4 Å². The minimum atomic E-state index is -1.13. The number of nitrogens with zero attached hydrogens (tertiary/aromatic N) is 1. The van der Waals surface area contributed by atoms with Gasteiger partial charge in [-0.25, -0.2) is 8.78 Å². The fraction of sp³-hybridized carbons (Fsp3) is 0.185. The molecule has 180 valence electrons. The molecule has 0 aromatic heterocycles. The van der Waals surface area contributed by atoms with Crippen LogP contribution in [0.4, 0.5) is 14.5 Å². The zero-order valence-corrected chi connectivity index (χ0v) is 19.1. The summed E-state index contributed by atoms with van der Waals surface area (Å²) in [6.07, 6.45) is 0. The van der Waals surface area contributed by atoms with E-state index < -0.39 is 35.1 Å². The molecule has 0 aliphatic carbocycles. The summed E-state index contributed by atoms with van der Waals surface area (Å²) in [5.74, 6) is -2.74. The highest BCUT2D eigenvalue weighted by Gasteiger charge is 2.47. The monoisotopic (exact) mass is 479 g/mol. The Hall–Kier alpha value is -4.20. The van der Waals surface area contributed by atoms with Gasteiger partial charge in [-0.3, -0.25) is 14.5 Å². The number of ketones is 1. The number of ether oxygens (including phenoxy) is 2. The van der Waals surface area contributed by atoms with Crippen LogP contribution >= 0.6 is 0 Å². The summed E-state index contributed by atoms with van der Waals surface area (Å²) in [4.78, 5) is 27.5. The van der Waals surface area contributed by atoms with Gasteiger partial charge < -0.3 is 14.6 Å². The highest BCUT2D eigenvalue weighted by Crippen LogP contribution is 2.43. The number of halogens is 2. The molecule has 1 aliphatic rings. The molecule has 35 heavy (non-hydrogen) atoms. The Balaban J connectivity index is 1.94. The van der Waals surface area contributed by atoms with E-state index in [2.05, 4.69) is 0 Å². The molecule has 1 unspecified atom stereocenters. The number of rotatable bonds is 7. The molecular formula is C27H23F2NO5. The molecule has 1 N–H and O–H groups in total. The summed E-state index contributed by atoms with van der Waals surface area (Å²) in [5.41, 5.74) is 0.438. The van der Waals surface area contributed by atoms with Gasteiger partial charge in [-0.1, -0.05) is 18.2 Å². The van der Waals surface area contributed by atoms with Crippen molar-refractivity contribution >= 4 is 23.1 Å². The maximum absolute atomic E-state index is 14.0. The number of anilines is 1. The summed E-state index contributed by atoms with van der Waals surface area (Å²) >= 11 is 0. The van der Waals surface area contributed by atoms with Gasteiger partial charge in [-0.2, -0.15) is 0 Å². The van der Waals surface area contributed by atoms with Gasteiger partial charge in [-0.05, 0) is 61.9 Å².